The minimum atomic E-state index is -0.491. The average molecular weight is 341 g/mol. The molecule has 1 amide bonds. The number of allylic oxidation sites excluding steroid dienone is 1. The summed E-state index contributed by atoms with van der Waals surface area (Å²) in [6.07, 6.45) is 7.02. The summed E-state index contributed by atoms with van der Waals surface area (Å²) in [7, 11) is 1.33. The first-order chi connectivity index (χ1) is 12.0. The standard InChI is InChI=1S/C20H23NO4/c1-13-18(20(24)25-2)17(12-14-8-10-16(22)11-9-14)19(23)21(13)15-6-4-3-5-7-15/h8-12,15,22H,3-7H2,1-2H3. The summed E-state index contributed by atoms with van der Waals surface area (Å²) in [4.78, 5) is 27.2. The minimum absolute atomic E-state index is 0.141. The Morgan fingerprint density at radius 2 is 1.84 bits per heavy atom. The molecule has 0 aromatic heterocycles. The molecule has 1 aromatic rings. The van der Waals surface area contributed by atoms with E-state index in [0.29, 0.717) is 16.8 Å². The van der Waals surface area contributed by atoms with E-state index < -0.39 is 5.97 Å². The van der Waals surface area contributed by atoms with E-state index in [9.17, 15) is 14.7 Å². The zero-order chi connectivity index (χ0) is 18.0. The maximum atomic E-state index is 13.1. The summed E-state index contributed by atoms with van der Waals surface area (Å²) in [5.41, 5.74) is 2.13. The number of benzene rings is 1. The highest BCUT2D eigenvalue weighted by Gasteiger charge is 2.40. The fourth-order valence-corrected chi connectivity index (χ4v) is 3.71. The number of esters is 1. The van der Waals surface area contributed by atoms with Gasteiger partial charge in [0.25, 0.3) is 5.91 Å². The second-order valence-electron chi connectivity index (χ2n) is 6.57. The molecule has 1 aromatic carbocycles. The highest BCUT2D eigenvalue weighted by Crippen LogP contribution is 2.36. The van der Waals surface area contributed by atoms with E-state index in [1.54, 1.807) is 35.2 Å². The minimum Gasteiger partial charge on any atom is -0.508 e. The molecular formula is C20H23NO4. The molecule has 0 atom stereocenters. The predicted octanol–water partition coefficient (Wildman–Crippen LogP) is 3.40. The lowest BCUT2D eigenvalue weighted by Gasteiger charge is -2.32. The molecule has 0 saturated heterocycles. The summed E-state index contributed by atoms with van der Waals surface area (Å²) >= 11 is 0. The van der Waals surface area contributed by atoms with Crippen LogP contribution in [0.4, 0.5) is 0 Å². The third-order valence-corrected chi connectivity index (χ3v) is 4.98. The van der Waals surface area contributed by atoms with Gasteiger partial charge in [0, 0.05) is 11.7 Å². The third kappa shape index (κ3) is 3.31. The van der Waals surface area contributed by atoms with Crippen molar-refractivity contribution in [1.82, 2.24) is 4.90 Å². The van der Waals surface area contributed by atoms with Crippen LogP contribution < -0.4 is 0 Å². The number of carbonyl (C=O) groups excluding carboxylic acids is 2. The number of carbonyl (C=O) groups is 2. The van der Waals surface area contributed by atoms with Crippen LogP contribution in [0, 0.1) is 0 Å². The lowest BCUT2D eigenvalue weighted by molar-refractivity contribution is -0.136. The molecule has 2 aliphatic rings. The van der Waals surface area contributed by atoms with Gasteiger partial charge >= 0.3 is 5.97 Å². The van der Waals surface area contributed by atoms with Crippen LogP contribution in [0.3, 0.4) is 0 Å². The molecular weight excluding hydrogens is 318 g/mol. The Labute approximate surface area is 147 Å². The van der Waals surface area contributed by atoms with Gasteiger partial charge in [0.05, 0.1) is 18.3 Å². The van der Waals surface area contributed by atoms with E-state index in [1.165, 1.54) is 13.5 Å². The number of hydrogen-bond acceptors (Lipinski definition) is 4. The number of phenols is 1. The Morgan fingerprint density at radius 1 is 1.20 bits per heavy atom. The van der Waals surface area contributed by atoms with Gasteiger partial charge in [0.15, 0.2) is 0 Å². The van der Waals surface area contributed by atoms with Crippen molar-refractivity contribution >= 4 is 18.0 Å². The molecule has 3 rings (SSSR count). The molecule has 1 aliphatic heterocycles. The van der Waals surface area contributed by atoms with Gasteiger partial charge in [-0.05, 0) is 43.5 Å². The molecule has 5 nitrogen and oxygen atoms in total. The summed E-state index contributed by atoms with van der Waals surface area (Å²) in [6, 6.07) is 6.68. The molecule has 1 heterocycles. The van der Waals surface area contributed by atoms with Crippen molar-refractivity contribution in [2.45, 2.75) is 45.1 Å². The molecule has 1 fully saturated rings. The zero-order valence-electron chi connectivity index (χ0n) is 14.6. The first-order valence-electron chi connectivity index (χ1n) is 8.66. The normalized spacial score (nSPS) is 20.5. The fraction of sp³-hybridized carbons (Fsp3) is 0.400. The lowest BCUT2D eigenvalue weighted by Crippen LogP contribution is -2.37. The Balaban J connectivity index is 2.02. The molecule has 0 unspecified atom stereocenters. The molecule has 5 heteroatoms. The lowest BCUT2D eigenvalue weighted by atomic mass is 9.94. The molecule has 1 aliphatic carbocycles. The largest absolute Gasteiger partial charge is 0.508 e. The fourth-order valence-electron chi connectivity index (χ4n) is 3.71. The second-order valence-corrected chi connectivity index (χ2v) is 6.57. The Kier molecular flexibility index (Phi) is 4.93. The number of hydrogen-bond donors (Lipinski definition) is 1. The number of amides is 1. The van der Waals surface area contributed by atoms with Crippen molar-refractivity contribution in [3.05, 3.63) is 46.7 Å². The number of aromatic hydroxyl groups is 1. The smallest absolute Gasteiger partial charge is 0.340 e. The molecule has 132 valence electrons. The summed E-state index contributed by atoms with van der Waals surface area (Å²) in [5, 5.41) is 9.42. The molecule has 25 heavy (non-hydrogen) atoms. The summed E-state index contributed by atoms with van der Waals surface area (Å²) < 4.78 is 4.92. The van der Waals surface area contributed by atoms with Gasteiger partial charge in [0.2, 0.25) is 0 Å². The molecule has 0 spiro atoms. The maximum absolute atomic E-state index is 13.1. The van der Waals surface area contributed by atoms with Gasteiger partial charge in [-0.3, -0.25) is 4.79 Å². The van der Waals surface area contributed by atoms with Crippen LogP contribution in [0.1, 0.15) is 44.6 Å². The predicted molar refractivity (Wildman–Crippen MR) is 94.5 cm³/mol. The Bertz CT molecular complexity index is 739. The zero-order valence-corrected chi connectivity index (χ0v) is 14.6. The molecule has 1 N–H and O–H groups in total. The van der Waals surface area contributed by atoms with Crippen molar-refractivity contribution in [2.24, 2.45) is 0 Å². The van der Waals surface area contributed by atoms with Crippen molar-refractivity contribution in [2.75, 3.05) is 7.11 Å². The highest BCUT2D eigenvalue weighted by atomic mass is 16.5. The van der Waals surface area contributed by atoms with Gasteiger partial charge in [-0.1, -0.05) is 31.4 Å². The Morgan fingerprint density at radius 3 is 2.44 bits per heavy atom. The van der Waals surface area contributed by atoms with Crippen molar-refractivity contribution in [1.29, 1.82) is 0 Å². The highest BCUT2D eigenvalue weighted by molar-refractivity contribution is 6.16. The van der Waals surface area contributed by atoms with E-state index in [1.807, 2.05) is 6.92 Å². The van der Waals surface area contributed by atoms with Crippen molar-refractivity contribution < 1.29 is 19.4 Å². The van der Waals surface area contributed by atoms with Gasteiger partial charge in [-0.25, -0.2) is 4.79 Å². The SMILES string of the molecule is COC(=O)C1=C(C)N(C2CCCCC2)C(=O)C1=Cc1ccc(O)cc1. The van der Waals surface area contributed by atoms with E-state index in [2.05, 4.69) is 0 Å². The number of ether oxygens (including phenoxy) is 1. The molecule has 1 saturated carbocycles. The van der Waals surface area contributed by atoms with Crippen LogP contribution in [0.25, 0.3) is 6.08 Å². The van der Waals surface area contributed by atoms with Gasteiger partial charge in [-0.15, -0.1) is 0 Å². The van der Waals surface area contributed by atoms with Crippen LogP contribution >= 0.6 is 0 Å². The third-order valence-electron chi connectivity index (χ3n) is 4.98. The van der Waals surface area contributed by atoms with Gasteiger partial charge < -0.3 is 14.7 Å². The number of rotatable bonds is 3. The van der Waals surface area contributed by atoms with Crippen molar-refractivity contribution in [3.8, 4) is 5.75 Å². The van der Waals surface area contributed by atoms with Gasteiger partial charge in [0.1, 0.15) is 5.75 Å². The van der Waals surface area contributed by atoms with Crippen LogP contribution in [-0.2, 0) is 14.3 Å². The average Bonchev–Trinajstić information content (AvgIpc) is 2.87. The second kappa shape index (κ2) is 7.13. The first kappa shape index (κ1) is 17.3. The topological polar surface area (TPSA) is 66.8 Å². The molecule has 0 bridgehead atoms. The van der Waals surface area contributed by atoms with Crippen LogP contribution in [-0.4, -0.2) is 35.0 Å². The van der Waals surface area contributed by atoms with Crippen LogP contribution in [0.15, 0.2) is 41.1 Å². The monoisotopic (exact) mass is 341 g/mol. The number of methoxy groups -OCH3 is 1. The van der Waals surface area contributed by atoms with E-state index in [-0.39, 0.29) is 17.7 Å². The van der Waals surface area contributed by atoms with Crippen LogP contribution in [0.2, 0.25) is 0 Å². The first-order valence-corrected chi connectivity index (χ1v) is 8.66. The van der Waals surface area contributed by atoms with Crippen molar-refractivity contribution in [3.63, 3.8) is 0 Å². The van der Waals surface area contributed by atoms with E-state index >= 15 is 0 Å². The van der Waals surface area contributed by atoms with Gasteiger partial charge in [-0.2, -0.15) is 0 Å². The van der Waals surface area contributed by atoms with Crippen LogP contribution in [0.5, 0.6) is 5.75 Å². The quantitative estimate of drug-likeness (QED) is 0.676. The molecule has 0 radical (unpaired) electrons. The summed E-state index contributed by atoms with van der Waals surface area (Å²) in [6.45, 7) is 1.82. The Hall–Kier alpha value is -2.56. The summed E-state index contributed by atoms with van der Waals surface area (Å²) in [5.74, 6) is -0.476. The number of phenolic OH excluding ortho intramolecular Hbond substituents is 1. The number of nitrogens with zero attached hydrogens (tertiary/aromatic N) is 1. The maximum Gasteiger partial charge on any atom is 0.340 e. The van der Waals surface area contributed by atoms with E-state index in [0.717, 1.165) is 31.2 Å². The van der Waals surface area contributed by atoms with E-state index in [4.69, 9.17) is 4.74 Å².